The summed E-state index contributed by atoms with van der Waals surface area (Å²) < 4.78 is 0. The number of hydrogen-bond donors (Lipinski definition) is 2. The lowest BCUT2D eigenvalue weighted by atomic mass is 9.96. The van der Waals surface area contributed by atoms with Crippen LogP contribution in [-0.2, 0) is 0 Å². The molecule has 90 valence electrons. The Morgan fingerprint density at radius 2 is 1.44 bits per heavy atom. The molecule has 0 bridgehead atoms. The molecule has 2 aromatic rings. The largest absolute Gasteiger partial charge is 0.499 e. The zero-order valence-corrected chi connectivity index (χ0v) is 11.0. The second kappa shape index (κ2) is 5.25. The van der Waals surface area contributed by atoms with Gasteiger partial charge in [-0.25, -0.2) is 0 Å². The Kier molecular flexibility index (Phi) is 3.69. The van der Waals surface area contributed by atoms with Gasteiger partial charge in [0.05, 0.1) is 0 Å². The second-order valence-electron chi connectivity index (χ2n) is 3.70. The average molecular weight is 274 g/mol. The van der Waals surface area contributed by atoms with E-state index in [9.17, 15) is 10.2 Å². The molecular formula is C14H10O2S2. The first kappa shape index (κ1) is 12.7. The maximum atomic E-state index is 9.66. The van der Waals surface area contributed by atoms with Gasteiger partial charge in [0, 0.05) is 11.1 Å². The van der Waals surface area contributed by atoms with Crippen LogP contribution in [0.15, 0.2) is 48.5 Å². The van der Waals surface area contributed by atoms with E-state index in [1.165, 1.54) is 0 Å². The number of hydrogen-bond acceptors (Lipinski definition) is 2. The van der Waals surface area contributed by atoms with Crippen LogP contribution >= 0.6 is 24.4 Å². The molecule has 0 spiro atoms. The van der Waals surface area contributed by atoms with E-state index >= 15 is 0 Å². The molecule has 2 N–H and O–H groups in total. The second-order valence-corrected chi connectivity index (χ2v) is 4.48. The molecule has 0 saturated carbocycles. The fourth-order valence-corrected chi connectivity index (χ4v) is 2.21. The van der Waals surface area contributed by atoms with E-state index in [0.717, 1.165) is 11.1 Å². The van der Waals surface area contributed by atoms with Crippen molar-refractivity contribution in [2.24, 2.45) is 0 Å². The minimum absolute atomic E-state index is 0.277. The van der Waals surface area contributed by atoms with Crippen LogP contribution in [-0.4, -0.2) is 20.3 Å². The highest BCUT2D eigenvalue weighted by Crippen LogP contribution is 2.27. The summed E-state index contributed by atoms with van der Waals surface area (Å²) >= 11 is 9.60. The van der Waals surface area contributed by atoms with E-state index < -0.39 is 0 Å². The minimum atomic E-state index is -0.279. The highest BCUT2D eigenvalue weighted by molar-refractivity contribution is 7.81. The summed E-state index contributed by atoms with van der Waals surface area (Å²) in [6, 6.07) is 14.7. The van der Waals surface area contributed by atoms with Crippen LogP contribution in [0.4, 0.5) is 0 Å². The smallest absolute Gasteiger partial charge is 0.190 e. The van der Waals surface area contributed by atoms with Gasteiger partial charge in [-0.05, 0) is 41.6 Å². The molecule has 2 aromatic carbocycles. The number of aliphatic hydroxyl groups is 2. The number of benzene rings is 2. The van der Waals surface area contributed by atoms with Gasteiger partial charge in [0.1, 0.15) is 0 Å². The van der Waals surface area contributed by atoms with Crippen molar-refractivity contribution in [1.82, 2.24) is 0 Å². The predicted octanol–water partition coefficient (Wildman–Crippen LogP) is 3.82. The SMILES string of the molecule is OC(=S)c1cccc(-c2ccccc2)c1C(O)=S. The monoisotopic (exact) mass is 274 g/mol. The third-order valence-corrected chi connectivity index (χ3v) is 3.02. The van der Waals surface area contributed by atoms with E-state index in [-0.39, 0.29) is 10.1 Å². The van der Waals surface area contributed by atoms with Crippen molar-refractivity contribution in [3.05, 3.63) is 59.7 Å². The molecule has 0 fully saturated rings. The van der Waals surface area contributed by atoms with Crippen molar-refractivity contribution >= 4 is 34.5 Å². The summed E-state index contributed by atoms with van der Waals surface area (Å²) in [5.74, 6) is 0. The predicted molar refractivity (Wildman–Crippen MR) is 80.5 cm³/mol. The lowest BCUT2D eigenvalue weighted by molar-refractivity contribution is 0.563. The molecule has 0 aliphatic heterocycles. The van der Waals surface area contributed by atoms with Crippen molar-refractivity contribution in [1.29, 1.82) is 0 Å². The first-order valence-corrected chi connectivity index (χ1v) is 6.08. The molecule has 2 rings (SSSR count). The van der Waals surface area contributed by atoms with Gasteiger partial charge >= 0.3 is 0 Å². The molecule has 0 aliphatic carbocycles. The van der Waals surface area contributed by atoms with Crippen LogP contribution in [0, 0.1) is 0 Å². The van der Waals surface area contributed by atoms with Crippen LogP contribution in [0.25, 0.3) is 11.1 Å². The molecule has 0 aromatic heterocycles. The summed E-state index contributed by atoms with van der Waals surface area (Å²) in [5.41, 5.74) is 2.42. The molecule has 0 amide bonds. The van der Waals surface area contributed by atoms with Crippen LogP contribution in [0.3, 0.4) is 0 Å². The maximum Gasteiger partial charge on any atom is 0.190 e. The molecule has 0 atom stereocenters. The Bertz CT molecular complexity index is 606. The van der Waals surface area contributed by atoms with Crippen LogP contribution in [0.1, 0.15) is 11.1 Å². The molecule has 2 nitrogen and oxygen atoms in total. The molecule has 0 unspecified atom stereocenters. The first-order chi connectivity index (χ1) is 8.61. The fourth-order valence-electron chi connectivity index (χ4n) is 1.82. The summed E-state index contributed by atoms with van der Waals surface area (Å²) in [5, 5.41) is 18.6. The Hall–Kier alpha value is -1.78. The van der Waals surface area contributed by atoms with Gasteiger partial charge in [0.15, 0.2) is 10.1 Å². The zero-order valence-electron chi connectivity index (χ0n) is 9.33. The highest BCUT2D eigenvalue weighted by atomic mass is 32.1. The van der Waals surface area contributed by atoms with E-state index in [0.29, 0.717) is 11.1 Å². The highest BCUT2D eigenvalue weighted by Gasteiger charge is 2.15. The molecule has 0 heterocycles. The van der Waals surface area contributed by atoms with Crippen LogP contribution in [0.2, 0.25) is 0 Å². The molecular weight excluding hydrogens is 264 g/mol. The van der Waals surface area contributed by atoms with Crippen LogP contribution < -0.4 is 0 Å². The van der Waals surface area contributed by atoms with Crippen molar-refractivity contribution < 1.29 is 10.2 Å². The summed E-state index contributed by atoms with van der Waals surface area (Å²) in [6.45, 7) is 0. The fraction of sp³-hybridized carbons (Fsp3) is 0. The van der Waals surface area contributed by atoms with Crippen LogP contribution in [0.5, 0.6) is 0 Å². The lowest BCUT2D eigenvalue weighted by Crippen LogP contribution is -2.08. The van der Waals surface area contributed by atoms with E-state index in [1.54, 1.807) is 12.1 Å². The molecule has 0 saturated heterocycles. The van der Waals surface area contributed by atoms with Gasteiger partial charge in [0.25, 0.3) is 0 Å². The Balaban J connectivity index is 2.72. The summed E-state index contributed by atoms with van der Waals surface area (Å²) in [6.07, 6.45) is 0. The van der Waals surface area contributed by atoms with Crippen molar-refractivity contribution in [3.8, 4) is 11.1 Å². The van der Waals surface area contributed by atoms with Crippen molar-refractivity contribution in [2.75, 3.05) is 0 Å². The molecule has 4 heteroatoms. The standard InChI is InChI=1S/C14H10O2S2/c15-13(17)11-8-4-7-10(12(11)14(16)18)9-5-2-1-3-6-9/h1-8H,(H,15,17)(H,16,18). The van der Waals surface area contributed by atoms with Gasteiger partial charge in [-0.3, -0.25) is 0 Å². The minimum Gasteiger partial charge on any atom is -0.499 e. The zero-order chi connectivity index (χ0) is 13.1. The summed E-state index contributed by atoms with van der Waals surface area (Å²) in [4.78, 5) is 0. The van der Waals surface area contributed by atoms with Crippen molar-refractivity contribution in [2.45, 2.75) is 0 Å². The number of aliphatic hydroxyl groups excluding tert-OH is 2. The van der Waals surface area contributed by atoms with E-state index in [2.05, 4.69) is 0 Å². The average Bonchev–Trinajstić information content (AvgIpc) is 2.38. The lowest BCUT2D eigenvalue weighted by Gasteiger charge is -2.11. The number of thiocarbonyl (C=S) groups is 2. The number of rotatable bonds is 3. The molecule has 0 radical (unpaired) electrons. The Labute approximate surface area is 116 Å². The topological polar surface area (TPSA) is 40.5 Å². The molecule has 18 heavy (non-hydrogen) atoms. The Morgan fingerprint density at radius 1 is 0.778 bits per heavy atom. The van der Waals surface area contributed by atoms with Gasteiger partial charge in [-0.15, -0.1) is 0 Å². The Morgan fingerprint density at radius 3 is 2.00 bits per heavy atom. The molecule has 0 aliphatic rings. The van der Waals surface area contributed by atoms with Gasteiger partial charge in [-0.2, -0.15) is 0 Å². The van der Waals surface area contributed by atoms with Gasteiger partial charge in [-0.1, -0.05) is 42.5 Å². The van der Waals surface area contributed by atoms with Gasteiger partial charge in [0.2, 0.25) is 0 Å². The third kappa shape index (κ3) is 2.39. The normalized spacial score (nSPS) is 10.0. The van der Waals surface area contributed by atoms with E-state index in [1.807, 2.05) is 36.4 Å². The quantitative estimate of drug-likeness (QED) is 0.835. The summed E-state index contributed by atoms with van der Waals surface area (Å²) in [7, 11) is 0. The third-order valence-electron chi connectivity index (χ3n) is 2.59. The van der Waals surface area contributed by atoms with Crippen molar-refractivity contribution in [3.63, 3.8) is 0 Å². The van der Waals surface area contributed by atoms with E-state index in [4.69, 9.17) is 24.4 Å². The first-order valence-electron chi connectivity index (χ1n) is 5.26. The maximum absolute atomic E-state index is 9.66. The van der Waals surface area contributed by atoms with Gasteiger partial charge < -0.3 is 10.2 Å².